The number of ether oxygens (including phenoxy) is 4. The first-order valence-electron chi connectivity index (χ1n) is 12.0. The number of nitrogens with zero attached hydrogens (tertiary/aromatic N) is 2. The Morgan fingerprint density at radius 2 is 1.54 bits per heavy atom. The van der Waals surface area contributed by atoms with Crippen LogP contribution in [0.1, 0.15) is 31.9 Å². The highest BCUT2D eigenvalue weighted by Crippen LogP contribution is 2.40. The van der Waals surface area contributed by atoms with Crippen molar-refractivity contribution in [3.63, 3.8) is 0 Å². The van der Waals surface area contributed by atoms with Crippen molar-refractivity contribution in [2.24, 2.45) is 5.73 Å². The molecule has 1 atom stereocenters. The van der Waals surface area contributed by atoms with Crippen LogP contribution >= 0.6 is 0 Å². The predicted molar refractivity (Wildman–Crippen MR) is 136 cm³/mol. The minimum Gasteiger partial charge on any atom is -0.493 e. The number of rotatable bonds is 9. The third kappa shape index (κ3) is 7.02. The van der Waals surface area contributed by atoms with Crippen molar-refractivity contribution in [2.45, 2.75) is 45.4 Å². The molecule has 2 aromatic rings. The van der Waals surface area contributed by atoms with Crippen LogP contribution in [-0.2, 0) is 17.8 Å². The molecular weight excluding hydrogens is 446 g/mol. The van der Waals surface area contributed by atoms with Gasteiger partial charge in [-0.1, -0.05) is 18.2 Å². The Labute approximate surface area is 208 Å². The SMILES string of the molecule is COc1ccc(CN2CCN(C(=O)[C@@H](N)Cc3ccc(OC(C)(C)C)cc3)CC2)c(OC)c1OC. The van der Waals surface area contributed by atoms with E-state index in [4.69, 9.17) is 24.7 Å². The molecule has 0 unspecified atom stereocenters. The third-order valence-electron chi connectivity index (χ3n) is 5.98. The van der Waals surface area contributed by atoms with Crippen LogP contribution in [0.3, 0.4) is 0 Å². The summed E-state index contributed by atoms with van der Waals surface area (Å²) in [5.74, 6) is 2.69. The molecule has 0 aliphatic carbocycles. The number of carbonyl (C=O) groups excluding carboxylic acids is 1. The molecule has 1 aliphatic heterocycles. The largest absolute Gasteiger partial charge is 0.493 e. The van der Waals surface area contributed by atoms with Gasteiger partial charge >= 0.3 is 0 Å². The van der Waals surface area contributed by atoms with Gasteiger partial charge in [0.25, 0.3) is 0 Å². The average molecular weight is 486 g/mol. The summed E-state index contributed by atoms with van der Waals surface area (Å²) in [4.78, 5) is 17.1. The number of carbonyl (C=O) groups is 1. The van der Waals surface area contributed by atoms with Gasteiger partial charge in [-0.05, 0) is 51.0 Å². The Balaban J connectivity index is 1.53. The molecule has 0 bridgehead atoms. The van der Waals surface area contributed by atoms with Crippen LogP contribution in [-0.4, -0.2) is 74.9 Å². The van der Waals surface area contributed by atoms with Gasteiger partial charge in [-0.2, -0.15) is 0 Å². The number of methoxy groups -OCH3 is 3. The van der Waals surface area contributed by atoms with E-state index < -0.39 is 6.04 Å². The van der Waals surface area contributed by atoms with E-state index in [9.17, 15) is 4.79 Å². The topological polar surface area (TPSA) is 86.5 Å². The molecule has 1 fully saturated rings. The van der Waals surface area contributed by atoms with E-state index >= 15 is 0 Å². The van der Waals surface area contributed by atoms with Crippen molar-refractivity contribution in [3.05, 3.63) is 47.5 Å². The molecule has 0 saturated carbocycles. The van der Waals surface area contributed by atoms with E-state index in [0.717, 1.165) is 30.0 Å². The first-order valence-corrected chi connectivity index (χ1v) is 12.0. The van der Waals surface area contributed by atoms with Gasteiger partial charge in [0.1, 0.15) is 11.4 Å². The van der Waals surface area contributed by atoms with Crippen LogP contribution in [0.5, 0.6) is 23.0 Å². The van der Waals surface area contributed by atoms with Crippen molar-refractivity contribution in [1.29, 1.82) is 0 Å². The zero-order valence-corrected chi connectivity index (χ0v) is 21.8. The molecule has 1 aliphatic rings. The Morgan fingerprint density at radius 1 is 0.914 bits per heavy atom. The van der Waals surface area contributed by atoms with Gasteiger partial charge < -0.3 is 29.6 Å². The molecule has 192 valence electrons. The summed E-state index contributed by atoms with van der Waals surface area (Å²) in [5.41, 5.74) is 8.08. The molecular formula is C27H39N3O5. The van der Waals surface area contributed by atoms with E-state index in [1.165, 1.54) is 0 Å². The summed E-state index contributed by atoms with van der Waals surface area (Å²) in [6.45, 7) is 9.53. The Morgan fingerprint density at radius 3 is 2.09 bits per heavy atom. The van der Waals surface area contributed by atoms with E-state index in [2.05, 4.69) is 4.90 Å². The van der Waals surface area contributed by atoms with Gasteiger partial charge in [-0.15, -0.1) is 0 Å². The third-order valence-corrected chi connectivity index (χ3v) is 5.98. The maximum atomic E-state index is 13.0. The Bertz CT molecular complexity index is 980. The molecule has 0 radical (unpaired) electrons. The minimum atomic E-state index is -0.568. The van der Waals surface area contributed by atoms with E-state index in [1.54, 1.807) is 21.3 Å². The van der Waals surface area contributed by atoms with Gasteiger partial charge in [-0.3, -0.25) is 9.69 Å². The summed E-state index contributed by atoms with van der Waals surface area (Å²) in [6.07, 6.45) is 0.498. The number of amides is 1. The van der Waals surface area contributed by atoms with Gasteiger partial charge in [0.05, 0.1) is 27.4 Å². The fourth-order valence-corrected chi connectivity index (χ4v) is 4.28. The van der Waals surface area contributed by atoms with Crippen LogP contribution in [0.2, 0.25) is 0 Å². The average Bonchev–Trinajstić information content (AvgIpc) is 2.83. The molecule has 3 rings (SSSR count). The van der Waals surface area contributed by atoms with Crippen molar-refractivity contribution in [1.82, 2.24) is 9.80 Å². The van der Waals surface area contributed by atoms with Crippen LogP contribution in [0.25, 0.3) is 0 Å². The molecule has 0 aromatic heterocycles. The normalized spacial score (nSPS) is 15.5. The molecule has 1 heterocycles. The molecule has 35 heavy (non-hydrogen) atoms. The number of piperazine rings is 1. The number of hydrogen-bond acceptors (Lipinski definition) is 7. The van der Waals surface area contributed by atoms with Crippen LogP contribution in [0, 0.1) is 0 Å². The second-order valence-corrected chi connectivity index (χ2v) is 9.76. The highest BCUT2D eigenvalue weighted by Gasteiger charge is 2.26. The molecule has 2 aromatic carbocycles. The van der Waals surface area contributed by atoms with Crippen molar-refractivity contribution in [2.75, 3.05) is 47.5 Å². The van der Waals surface area contributed by atoms with Gasteiger partial charge in [-0.25, -0.2) is 0 Å². The molecule has 2 N–H and O–H groups in total. The summed E-state index contributed by atoms with van der Waals surface area (Å²) in [7, 11) is 4.84. The van der Waals surface area contributed by atoms with E-state index in [1.807, 2.05) is 62.1 Å². The van der Waals surface area contributed by atoms with E-state index in [0.29, 0.717) is 43.3 Å². The standard InChI is InChI=1S/C27H39N3O5/c1-27(2,3)35-21-10-7-19(8-11-21)17-22(28)26(31)30-15-13-29(14-16-30)18-20-9-12-23(32-4)25(34-6)24(20)33-5/h7-12,22H,13-18,28H2,1-6H3/t22-/m0/s1. The zero-order valence-electron chi connectivity index (χ0n) is 21.8. The molecule has 8 heteroatoms. The number of hydrogen-bond donors (Lipinski definition) is 1. The molecule has 0 spiro atoms. The van der Waals surface area contributed by atoms with Crippen LogP contribution < -0.4 is 24.7 Å². The predicted octanol–water partition coefficient (Wildman–Crippen LogP) is 3.10. The highest BCUT2D eigenvalue weighted by molar-refractivity contribution is 5.82. The quantitative estimate of drug-likeness (QED) is 0.584. The summed E-state index contributed by atoms with van der Waals surface area (Å²) < 4.78 is 22.3. The zero-order chi connectivity index (χ0) is 25.6. The van der Waals surface area contributed by atoms with Crippen molar-refractivity contribution < 1.29 is 23.7 Å². The minimum absolute atomic E-state index is 0.0108. The van der Waals surface area contributed by atoms with Crippen LogP contribution in [0.4, 0.5) is 0 Å². The summed E-state index contributed by atoms with van der Waals surface area (Å²) in [6, 6.07) is 11.1. The maximum absolute atomic E-state index is 13.0. The van der Waals surface area contributed by atoms with Crippen molar-refractivity contribution >= 4 is 5.91 Å². The number of benzene rings is 2. The molecule has 1 saturated heterocycles. The molecule has 1 amide bonds. The second kappa shape index (κ2) is 11.6. The first-order chi connectivity index (χ1) is 16.6. The highest BCUT2D eigenvalue weighted by atomic mass is 16.5. The van der Waals surface area contributed by atoms with Crippen LogP contribution in [0.15, 0.2) is 36.4 Å². The summed E-state index contributed by atoms with van der Waals surface area (Å²) >= 11 is 0. The van der Waals surface area contributed by atoms with E-state index in [-0.39, 0.29) is 11.5 Å². The fourth-order valence-electron chi connectivity index (χ4n) is 4.28. The maximum Gasteiger partial charge on any atom is 0.239 e. The monoisotopic (exact) mass is 485 g/mol. The second-order valence-electron chi connectivity index (χ2n) is 9.76. The summed E-state index contributed by atoms with van der Waals surface area (Å²) in [5, 5.41) is 0. The lowest BCUT2D eigenvalue weighted by molar-refractivity contribution is -0.134. The molecule has 8 nitrogen and oxygen atoms in total. The Hall–Kier alpha value is -2.97. The lowest BCUT2D eigenvalue weighted by atomic mass is 10.0. The smallest absolute Gasteiger partial charge is 0.239 e. The van der Waals surface area contributed by atoms with Gasteiger partial charge in [0.15, 0.2) is 11.5 Å². The lowest BCUT2D eigenvalue weighted by Gasteiger charge is -2.36. The van der Waals surface area contributed by atoms with Gasteiger partial charge in [0, 0.05) is 38.3 Å². The fraction of sp³-hybridized carbons (Fsp3) is 0.519. The Kier molecular flexibility index (Phi) is 8.86. The lowest BCUT2D eigenvalue weighted by Crippen LogP contribution is -2.53. The first kappa shape index (κ1) is 26.6. The van der Waals surface area contributed by atoms with Gasteiger partial charge in [0.2, 0.25) is 11.7 Å². The number of nitrogens with two attached hydrogens (primary N) is 1. The van der Waals surface area contributed by atoms with Crippen molar-refractivity contribution in [3.8, 4) is 23.0 Å².